The van der Waals surface area contributed by atoms with E-state index in [2.05, 4.69) is 84.0 Å². The summed E-state index contributed by atoms with van der Waals surface area (Å²) in [5.41, 5.74) is 11.3. The average Bonchev–Trinajstić information content (AvgIpc) is 3.41. The third-order valence-corrected chi connectivity index (χ3v) is 11.6. The van der Waals surface area contributed by atoms with Crippen LogP contribution in [0, 0.1) is 23.7 Å². The summed E-state index contributed by atoms with van der Waals surface area (Å²) >= 11 is 0. The van der Waals surface area contributed by atoms with Gasteiger partial charge < -0.3 is 0 Å². The van der Waals surface area contributed by atoms with Crippen molar-refractivity contribution in [1.29, 1.82) is 0 Å². The van der Waals surface area contributed by atoms with E-state index in [1.54, 1.807) is 11.1 Å². The Labute approximate surface area is 269 Å². The molecule has 46 heavy (non-hydrogen) atoms. The van der Waals surface area contributed by atoms with Crippen LogP contribution in [0.25, 0.3) is 56.4 Å². The Bertz CT molecular complexity index is 2030. The molecule has 0 amide bonds. The minimum absolute atomic E-state index is 0.161. The molecule has 4 heteroatoms. The first-order valence-electron chi connectivity index (χ1n) is 16.8. The van der Waals surface area contributed by atoms with Crippen molar-refractivity contribution in [2.75, 3.05) is 0 Å². The Morgan fingerprint density at radius 1 is 0.457 bits per heavy atom. The third-order valence-electron chi connectivity index (χ3n) is 11.6. The Balaban J connectivity index is 1.09. The smallest absolute Gasteiger partial charge is 0.164 e. The fourth-order valence-electron chi connectivity index (χ4n) is 10.0. The van der Waals surface area contributed by atoms with Crippen molar-refractivity contribution in [3.05, 3.63) is 133 Å². The summed E-state index contributed by atoms with van der Waals surface area (Å²) in [5, 5.41) is 0. The maximum atomic E-state index is 4.99. The second kappa shape index (κ2) is 10.0. The SMILES string of the molecule is c1ccc(-c2nc(-c3ccccc3)nc(-c3cccc(-c4ccc5c(c4)-c4cnccc4C54C5CC6CC(C5)CC4C6)c3)n2)cc1. The molecule has 5 aliphatic rings. The van der Waals surface area contributed by atoms with E-state index in [9.17, 15) is 0 Å². The summed E-state index contributed by atoms with van der Waals surface area (Å²) in [6, 6.07) is 38.7. The summed E-state index contributed by atoms with van der Waals surface area (Å²) in [4.78, 5) is 19.5. The zero-order valence-electron chi connectivity index (χ0n) is 25.7. The van der Waals surface area contributed by atoms with E-state index in [0.717, 1.165) is 40.4 Å². The van der Waals surface area contributed by atoms with Crippen LogP contribution in [0.1, 0.15) is 43.2 Å². The number of pyridine rings is 1. The minimum atomic E-state index is 0.161. The topological polar surface area (TPSA) is 51.6 Å². The molecule has 0 N–H and O–H groups in total. The molecular weight excluding hydrogens is 560 g/mol. The zero-order chi connectivity index (χ0) is 30.2. The van der Waals surface area contributed by atoms with Gasteiger partial charge in [-0.15, -0.1) is 0 Å². The number of rotatable bonds is 4. The maximum absolute atomic E-state index is 4.99. The van der Waals surface area contributed by atoms with Crippen molar-refractivity contribution in [2.24, 2.45) is 23.7 Å². The molecule has 0 atom stereocenters. The van der Waals surface area contributed by atoms with Gasteiger partial charge in [0.25, 0.3) is 0 Å². The molecule has 222 valence electrons. The molecule has 1 spiro atoms. The maximum Gasteiger partial charge on any atom is 0.164 e. The number of fused-ring (bicyclic) bond motifs is 3. The number of aromatic nitrogens is 4. The number of benzene rings is 4. The summed E-state index contributed by atoms with van der Waals surface area (Å²) < 4.78 is 0. The fraction of sp³-hybridized carbons (Fsp3) is 0.238. The second-order valence-corrected chi connectivity index (χ2v) is 14.0. The average molecular weight is 595 g/mol. The Morgan fingerprint density at radius 2 is 1.00 bits per heavy atom. The molecule has 11 rings (SSSR count). The fourth-order valence-corrected chi connectivity index (χ4v) is 10.0. The normalized spacial score (nSPS) is 25.0. The second-order valence-electron chi connectivity index (χ2n) is 14.0. The molecule has 0 radical (unpaired) electrons. The molecular formula is C42H34N4. The number of nitrogens with zero attached hydrogens (tertiary/aromatic N) is 4. The van der Waals surface area contributed by atoms with Gasteiger partial charge in [-0.05, 0) is 102 Å². The van der Waals surface area contributed by atoms with E-state index in [-0.39, 0.29) is 5.41 Å². The van der Waals surface area contributed by atoms with Crippen molar-refractivity contribution >= 4 is 0 Å². The summed E-state index contributed by atoms with van der Waals surface area (Å²) in [7, 11) is 0. The van der Waals surface area contributed by atoms with Crippen molar-refractivity contribution in [1.82, 2.24) is 19.9 Å². The quantitative estimate of drug-likeness (QED) is 0.204. The molecule has 0 aliphatic heterocycles. The van der Waals surface area contributed by atoms with E-state index in [1.165, 1.54) is 54.4 Å². The molecule has 0 saturated heterocycles. The zero-order valence-corrected chi connectivity index (χ0v) is 25.7. The van der Waals surface area contributed by atoms with Gasteiger partial charge in [0.15, 0.2) is 17.5 Å². The highest BCUT2D eigenvalue weighted by atomic mass is 15.0. The van der Waals surface area contributed by atoms with Gasteiger partial charge in [-0.25, -0.2) is 15.0 Å². The van der Waals surface area contributed by atoms with Gasteiger partial charge in [-0.3, -0.25) is 4.98 Å². The Hall–Kier alpha value is -4.96. The predicted molar refractivity (Wildman–Crippen MR) is 183 cm³/mol. The van der Waals surface area contributed by atoms with E-state index < -0.39 is 0 Å². The highest BCUT2D eigenvalue weighted by Gasteiger charge is 2.61. The van der Waals surface area contributed by atoms with E-state index >= 15 is 0 Å². The lowest BCUT2D eigenvalue weighted by Crippen LogP contribution is -2.55. The molecule has 2 heterocycles. The first-order chi connectivity index (χ1) is 22.7. The lowest BCUT2D eigenvalue weighted by Gasteiger charge is -2.61. The number of hydrogen-bond acceptors (Lipinski definition) is 4. The highest BCUT2D eigenvalue weighted by Crippen LogP contribution is 2.69. The van der Waals surface area contributed by atoms with Crippen LogP contribution in [0.2, 0.25) is 0 Å². The van der Waals surface area contributed by atoms with Crippen molar-refractivity contribution in [2.45, 2.75) is 37.5 Å². The monoisotopic (exact) mass is 594 g/mol. The highest BCUT2D eigenvalue weighted by molar-refractivity contribution is 5.85. The van der Waals surface area contributed by atoms with Gasteiger partial charge in [-0.1, -0.05) is 91.0 Å². The summed E-state index contributed by atoms with van der Waals surface area (Å²) in [6.07, 6.45) is 11.2. The first kappa shape index (κ1) is 26.3. The molecule has 4 bridgehead atoms. The van der Waals surface area contributed by atoms with E-state index in [0.29, 0.717) is 17.5 Å². The minimum Gasteiger partial charge on any atom is -0.264 e. The van der Waals surface area contributed by atoms with Crippen LogP contribution < -0.4 is 0 Å². The lowest BCUT2D eigenvalue weighted by atomic mass is 9.43. The summed E-state index contributed by atoms with van der Waals surface area (Å²) in [6.45, 7) is 0. The molecule has 2 aromatic heterocycles. The van der Waals surface area contributed by atoms with Gasteiger partial charge >= 0.3 is 0 Å². The molecule has 4 aromatic carbocycles. The van der Waals surface area contributed by atoms with Crippen LogP contribution in [0.3, 0.4) is 0 Å². The van der Waals surface area contributed by atoms with Gasteiger partial charge in [0.2, 0.25) is 0 Å². The van der Waals surface area contributed by atoms with Crippen molar-refractivity contribution < 1.29 is 0 Å². The predicted octanol–water partition coefficient (Wildman–Crippen LogP) is 9.66. The van der Waals surface area contributed by atoms with Crippen LogP contribution >= 0.6 is 0 Å². The van der Waals surface area contributed by atoms with Crippen LogP contribution in [0.15, 0.2) is 122 Å². The molecule has 4 nitrogen and oxygen atoms in total. The van der Waals surface area contributed by atoms with Crippen LogP contribution in [0.5, 0.6) is 0 Å². The van der Waals surface area contributed by atoms with Crippen molar-refractivity contribution in [3.63, 3.8) is 0 Å². The van der Waals surface area contributed by atoms with Crippen LogP contribution in [-0.4, -0.2) is 19.9 Å². The largest absolute Gasteiger partial charge is 0.264 e. The molecule has 6 aromatic rings. The van der Waals surface area contributed by atoms with Gasteiger partial charge in [0.1, 0.15) is 0 Å². The lowest BCUT2D eigenvalue weighted by molar-refractivity contribution is -0.0399. The van der Waals surface area contributed by atoms with Gasteiger partial charge in [0, 0.05) is 40.1 Å². The third kappa shape index (κ3) is 3.86. The first-order valence-corrected chi connectivity index (χ1v) is 16.8. The number of hydrogen-bond donors (Lipinski definition) is 0. The molecule has 0 unspecified atom stereocenters. The molecule has 4 saturated carbocycles. The Morgan fingerprint density at radius 3 is 1.65 bits per heavy atom. The van der Waals surface area contributed by atoms with Gasteiger partial charge in [-0.2, -0.15) is 0 Å². The van der Waals surface area contributed by atoms with E-state index in [4.69, 9.17) is 15.0 Å². The van der Waals surface area contributed by atoms with Crippen molar-refractivity contribution in [3.8, 4) is 56.4 Å². The summed E-state index contributed by atoms with van der Waals surface area (Å²) in [5.74, 6) is 5.41. The standard InChI is InChI=1S/C42H34N4/c1-3-8-28(9-4-1)39-44-40(29-10-5-2-6-11-29)46-41(45-39)32-13-7-12-30(23-32)31-14-15-37-35(24-31)36-25-43-17-16-38(36)42(37)33-19-26-18-27(21-33)22-34(42)20-26/h1-17,23-27,33-34H,18-22H2. The van der Waals surface area contributed by atoms with Gasteiger partial charge in [0.05, 0.1) is 0 Å². The molecule has 5 aliphatic carbocycles. The van der Waals surface area contributed by atoms with Crippen LogP contribution in [-0.2, 0) is 5.41 Å². The van der Waals surface area contributed by atoms with Crippen LogP contribution in [0.4, 0.5) is 0 Å². The molecule has 4 fully saturated rings. The Kier molecular flexibility index (Phi) is 5.72. The van der Waals surface area contributed by atoms with E-state index in [1.807, 2.05) is 42.6 Å².